The molecule has 0 amide bonds. The van der Waals surface area contributed by atoms with Gasteiger partial charge < -0.3 is 10.1 Å². The number of nitrogens with one attached hydrogen (secondary N) is 1. The fourth-order valence-corrected chi connectivity index (χ4v) is 5.04. The molecule has 3 heterocycles. The minimum absolute atomic E-state index is 0.293. The van der Waals surface area contributed by atoms with E-state index in [1.165, 1.54) is 23.9 Å². The van der Waals surface area contributed by atoms with Gasteiger partial charge >= 0.3 is 0 Å². The summed E-state index contributed by atoms with van der Waals surface area (Å²) in [6.45, 7) is 0. The molecule has 0 spiro atoms. The Morgan fingerprint density at radius 2 is 1.79 bits per heavy atom. The Kier molecular flexibility index (Phi) is 4.89. The summed E-state index contributed by atoms with van der Waals surface area (Å²) >= 11 is 8.11. The van der Waals surface area contributed by atoms with E-state index in [9.17, 15) is 4.39 Å². The van der Waals surface area contributed by atoms with Gasteiger partial charge in [0.25, 0.3) is 0 Å². The van der Waals surface area contributed by atoms with Gasteiger partial charge in [-0.05, 0) is 42.2 Å². The lowest BCUT2D eigenvalue weighted by Gasteiger charge is -2.39. The SMILES string of the molecule is CSc1nc2n(n1)[C@@H](c1ccc(F)cc1)C1=C(N2)c2ccccc2O[C@@H]1c1ccccc1Cl. The van der Waals surface area contributed by atoms with E-state index in [1.54, 1.807) is 12.1 Å². The van der Waals surface area contributed by atoms with E-state index in [0.29, 0.717) is 16.1 Å². The molecule has 0 aliphatic carbocycles. The Bertz CT molecular complexity index is 1400. The topological polar surface area (TPSA) is 52.0 Å². The highest BCUT2D eigenvalue weighted by Gasteiger charge is 2.41. The number of benzene rings is 3. The normalized spacial score (nSPS) is 18.6. The maximum Gasteiger partial charge on any atom is 0.227 e. The lowest BCUT2D eigenvalue weighted by molar-refractivity contribution is 0.223. The van der Waals surface area contributed by atoms with Crippen LogP contribution in [-0.4, -0.2) is 21.0 Å². The smallest absolute Gasteiger partial charge is 0.227 e. The summed E-state index contributed by atoms with van der Waals surface area (Å²) in [6, 6.07) is 21.7. The fourth-order valence-electron chi connectivity index (χ4n) is 4.46. The molecule has 164 valence electrons. The van der Waals surface area contributed by atoms with Crippen LogP contribution in [0.25, 0.3) is 5.70 Å². The van der Waals surface area contributed by atoms with Crippen LogP contribution in [0.2, 0.25) is 5.02 Å². The van der Waals surface area contributed by atoms with Crippen LogP contribution >= 0.6 is 23.4 Å². The van der Waals surface area contributed by atoms with Crippen molar-refractivity contribution >= 4 is 35.0 Å². The number of aromatic nitrogens is 3. The maximum atomic E-state index is 13.8. The van der Waals surface area contributed by atoms with Crippen LogP contribution in [0.4, 0.5) is 10.3 Å². The Morgan fingerprint density at radius 1 is 1.03 bits per heavy atom. The summed E-state index contributed by atoms with van der Waals surface area (Å²) in [6.07, 6.45) is 1.47. The van der Waals surface area contributed by atoms with Crippen LogP contribution in [0.5, 0.6) is 5.75 Å². The van der Waals surface area contributed by atoms with Crippen molar-refractivity contribution in [2.24, 2.45) is 0 Å². The van der Waals surface area contributed by atoms with Crippen molar-refractivity contribution in [2.45, 2.75) is 17.3 Å². The molecular weight excluding hydrogens is 459 g/mol. The summed E-state index contributed by atoms with van der Waals surface area (Å²) in [7, 11) is 0. The standard InChI is InChI=1S/C25H18ClFN4OS/c1-33-25-29-24-28-21-17-7-3-5-9-19(17)32-23(16-6-2-4-8-18(16)26)20(21)22(31(24)30-25)14-10-12-15(27)13-11-14/h2-13,22-23H,1H3,(H,28,29,30)/t22-,23+/m0/s1. The first-order valence-electron chi connectivity index (χ1n) is 10.4. The molecule has 1 N–H and O–H groups in total. The predicted octanol–water partition coefficient (Wildman–Crippen LogP) is 6.35. The number of halogens is 2. The molecule has 1 aromatic heterocycles. The second kappa shape index (κ2) is 7.93. The van der Waals surface area contributed by atoms with Crippen molar-refractivity contribution in [1.82, 2.24) is 14.8 Å². The molecule has 4 aromatic rings. The van der Waals surface area contributed by atoms with E-state index < -0.39 is 6.10 Å². The quantitative estimate of drug-likeness (QED) is 0.349. The molecule has 5 nitrogen and oxygen atoms in total. The second-order valence-electron chi connectivity index (χ2n) is 7.79. The van der Waals surface area contributed by atoms with Gasteiger partial charge in [0.05, 0.1) is 5.70 Å². The minimum atomic E-state index is -0.471. The third-order valence-corrected chi connectivity index (χ3v) is 6.80. The molecule has 33 heavy (non-hydrogen) atoms. The molecule has 3 aromatic carbocycles. The molecule has 6 rings (SSSR count). The molecule has 0 saturated carbocycles. The van der Waals surface area contributed by atoms with Gasteiger partial charge in [0, 0.05) is 21.7 Å². The summed E-state index contributed by atoms with van der Waals surface area (Å²) in [4.78, 5) is 4.67. The Balaban J connectivity index is 1.65. The van der Waals surface area contributed by atoms with Gasteiger partial charge in [-0.2, -0.15) is 4.98 Å². The van der Waals surface area contributed by atoms with Gasteiger partial charge in [-0.25, -0.2) is 9.07 Å². The van der Waals surface area contributed by atoms with Crippen molar-refractivity contribution < 1.29 is 9.13 Å². The van der Waals surface area contributed by atoms with Crippen LogP contribution in [-0.2, 0) is 0 Å². The number of anilines is 1. The third-order valence-electron chi connectivity index (χ3n) is 5.92. The van der Waals surface area contributed by atoms with Crippen molar-refractivity contribution in [2.75, 3.05) is 11.6 Å². The van der Waals surface area contributed by atoms with Gasteiger partial charge in [-0.15, -0.1) is 5.10 Å². The fraction of sp³-hybridized carbons (Fsp3) is 0.120. The van der Waals surface area contributed by atoms with E-state index in [1.807, 2.05) is 59.5 Å². The van der Waals surface area contributed by atoms with Gasteiger partial charge in [0.15, 0.2) is 6.10 Å². The molecule has 2 aliphatic rings. The molecule has 2 aliphatic heterocycles. The average Bonchev–Trinajstić information content (AvgIpc) is 3.26. The summed E-state index contributed by atoms with van der Waals surface area (Å²) in [5, 5.41) is 9.49. The Morgan fingerprint density at radius 3 is 2.58 bits per heavy atom. The van der Waals surface area contributed by atoms with Gasteiger partial charge in [0.2, 0.25) is 11.1 Å². The first kappa shape index (κ1) is 20.3. The zero-order valence-electron chi connectivity index (χ0n) is 17.5. The first-order valence-corrected chi connectivity index (χ1v) is 12.0. The first-order chi connectivity index (χ1) is 16.1. The third kappa shape index (κ3) is 3.31. The molecule has 0 bridgehead atoms. The Hall–Kier alpha value is -3.29. The van der Waals surface area contributed by atoms with Gasteiger partial charge in [0.1, 0.15) is 17.6 Å². The van der Waals surface area contributed by atoms with Crippen molar-refractivity contribution in [3.63, 3.8) is 0 Å². The summed E-state index contributed by atoms with van der Waals surface area (Å²) in [5.41, 5.74) is 4.51. The van der Waals surface area contributed by atoms with Crippen LogP contribution < -0.4 is 10.1 Å². The average molecular weight is 477 g/mol. The molecule has 0 unspecified atom stereocenters. The summed E-state index contributed by atoms with van der Waals surface area (Å²) in [5.74, 6) is 1.09. The number of para-hydroxylation sites is 1. The van der Waals surface area contributed by atoms with E-state index >= 15 is 0 Å². The maximum absolute atomic E-state index is 13.8. The predicted molar refractivity (Wildman–Crippen MR) is 128 cm³/mol. The van der Waals surface area contributed by atoms with Crippen molar-refractivity contribution in [1.29, 1.82) is 0 Å². The van der Waals surface area contributed by atoms with E-state index in [4.69, 9.17) is 21.4 Å². The number of thioether (sulfide) groups is 1. The van der Waals surface area contributed by atoms with Crippen LogP contribution in [0, 0.1) is 5.82 Å². The van der Waals surface area contributed by atoms with Gasteiger partial charge in [-0.1, -0.05) is 65.8 Å². The molecular formula is C25H18ClFN4OS. The van der Waals surface area contributed by atoms with Crippen LogP contribution in [0.3, 0.4) is 0 Å². The highest BCUT2D eigenvalue weighted by Crippen LogP contribution is 2.51. The number of hydrogen-bond acceptors (Lipinski definition) is 5. The largest absolute Gasteiger partial charge is 0.480 e. The second-order valence-corrected chi connectivity index (χ2v) is 8.97. The van der Waals surface area contributed by atoms with Crippen molar-refractivity contribution in [3.05, 3.63) is 106 Å². The zero-order chi connectivity index (χ0) is 22.5. The molecule has 2 atom stereocenters. The number of ether oxygens (including phenoxy) is 1. The van der Waals surface area contributed by atoms with E-state index in [0.717, 1.165) is 33.7 Å². The highest BCUT2D eigenvalue weighted by molar-refractivity contribution is 7.98. The summed E-state index contributed by atoms with van der Waals surface area (Å²) < 4.78 is 22.2. The van der Waals surface area contributed by atoms with Gasteiger partial charge in [-0.3, -0.25) is 0 Å². The number of rotatable bonds is 3. The molecule has 0 saturated heterocycles. The van der Waals surface area contributed by atoms with E-state index in [2.05, 4.69) is 10.3 Å². The lowest BCUT2D eigenvalue weighted by Crippen LogP contribution is -2.32. The highest BCUT2D eigenvalue weighted by atomic mass is 35.5. The van der Waals surface area contributed by atoms with Crippen molar-refractivity contribution in [3.8, 4) is 5.75 Å². The molecule has 8 heteroatoms. The van der Waals surface area contributed by atoms with E-state index in [-0.39, 0.29) is 11.9 Å². The Labute approximate surface area is 199 Å². The molecule has 0 fully saturated rings. The number of fused-ring (bicyclic) bond motifs is 3. The number of nitrogens with zero attached hydrogens (tertiary/aromatic N) is 3. The molecule has 0 radical (unpaired) electrons. The van der Waals surface area contributed by atoms with Crippen LogP contribution in [0.15, 0.2) is 83.5 Å². The van der Waals surface area contributed by atoms with Crippen LogP contribution in [0.1, 0.15) is 28.8 Å². The monoisotopic (exact) mass is 476 g/mol. The lowest BCUT2D eigenvalue weighted by atomic mass is 9.84. The minimum Gasteiger partial charge on any atom is -0.480 e. The zero-order valence-corrected chi connectivity index (χ0v) is 19.1. The number of hydrogen-bond donors (Lipinski definition) is 1.